The second-order valence-electron chi connectivity index (χ2n) is 4.22. The van der Waals surface area contributed by atoms with Crippen molar-refractivity contribution in [3.63, 3.8) is 0 Å². The summed E-state index contributed by atoms with van der Waals surface area (Å²) >= 11 is 0. The van der Waals surface area contributed by atoms with Crippen LogP contribution < -0.4 is 0 Å². The van der Waals surface area contributed by atoms with E-state index in [1.807, 2.05) is 0 Å². The minimum absolute atomic E-state index is 0.845. The van der Waals surface area contributed by atoms with Gasteiger partial charge in [0.05, 0.1) is 0 Å². The lowest BCUT2D eigenvalue weighted by atomic mass is 10.3. The van der Waals surface area contributed by atoms with Crippen molar-refractivity contribution in [2.75, 3.05) is 0 Å². The van der Waals surface area contributed by atoms with E-state index in [4.69, 9.17) is 0 Å². The molecular formula is C10H18Si. The van der Waals surface area contributed by atoms with Crippen LogP contribution in [0.1, 0.15) is 20.8 Å². The smallest absolute Gasteiger partial charge is 0.0904 e. The van der Waals surface area contributed by atoms with E-state index in [-0.39, 0.29) is 0 Å². The minimum Gasteiger partial charge on any atom is -0.0904 e. The Morgan fingerprint density at radius 2 is 2.09 bits per heavy atom. The highest BCUT2D eigenvalue weighted by atomic mass is 28.3. The summed E-state index contributed by atoms with van der Waals surface area (Å²) in [5, 5.41) is 1.64. The summed E-state index contributed by atoms with van der Waals surface area (Å²) in [7, 11) is -1.07. The van der Waals surface area contributed by atoms with Crippen LogP contribution in [0.4, 0.5) is 0 Å². The van der Waals surface area contributed by atoms with Gasteiger partial charge in [-0.1, -0.05) is 43.4 Å². The lowest BCUT2D eigenvalue weighted by Gasteiger charge is -2.23. The van der Waals surface area contributed by atoms with Crippen molar-refractivity contribution >= 4 is 8.07 Å². The summed E-state index contributed by atoms with van der Waals surface area (Å²) in [6.07, 6.45) is 4.53. The topological polar surface area (TPSA) is 0 Å². The van der Waals surface area contributed by atoms with Crippen LogP contribution in [0.2, 0.25) is 12.6 Å². The predicted octanol–water partition coefficient (Wildman–Crippen LogP) is 3.32. The van der Waals surface area contributed by atoms with Crippen LogP contribution in [-0.4, -0.2) is 8.07 Å². The number of hydrogen-bond donors (Lipinski definition) is 0. The Bertz CT molecular complexity index is 201. The average Bonchev–Trinajstić information content (AvgIpc) is 2.11. The van der Waals surface area contributed by atoms with E-state index < -0.39 is 8.07 Å². The molecule has 0 amide bonds. The maximum atomic E-state index is 2.46. The van der Waals surface area contributed by atoms with E-state index in [9.17, 15) is 0 Å². The monoisotopic (exact) mass is 166 g/mol. The molecule has 0 aromatic heterocycles. The third-order valence-corrected chi connectivity index (χ3v) is 7.10. The molecule has 0 N–H and O–H groups in total. The quantitative estimate of drug-likeness (QED) is 0.552. The summed E-state index contributed by atoms with van der Waals surface area (Å²) in [5.74, 6) is 0.845. The second kappa shape index (κ2) is 2.98. The molecule has 0 spiro atoms. The Morgan fingerprint density at radius 1 is 1.45 bits per heavy atom. The molecule has 0 fully saturated rings. The molecule has 11 heavy (non-hydrogen) atoms. The molecule has 1 heterocycles. The van der Waals surface area contributed by atoms with Crippen LogP contribution in [0.25, 0.3) is 0 Å². The van der Waals surface area contributed by atoms with Crippen LogP contribution >= 0.6 is 0 Å². The summed E-state index contributed by atoms with van der Waals surface area (Å²) in [4.78, 5) is 0. The molecule has 1 heteroatoms. The Hall–Kier alpha value is -0.303. The Morgan fingerprint density at radius 3 is 2.45 bits per heavy atom. The largest absolute Gasteiger partial charge is 0.102 e. The third-order valence-electron chi connectivity index (χ3n) is 2.54. The summed E-state index contributed by atoms with van der Waals surface area (Å²) in [6.45, 7) is 9.38. The van der Waals surface area contributed by atoms with E-state index in [2.05, 4.69) is 45.2 Å². The van der Waals surface area contributed by atoms with Crippen LogP contribution in [0.3, 0.4) is 0 Å². The molecule has 1 aliphatic rings. The highest BCUT2D eigenvalue weighted by Gasteiger charge is 2.28. The van der Waals surface area contributed by atoms with Crippen molar-refractivity contribution in [2.45, 2.75) is 33.4 Å². The number of hydrogen-bond acceptors (Lipinski definition) is 0. The van der Waals surface area contributed by atoms with Gasteiger partial charge < -0.3 is 0 Å². The molecular weight excluding hydrogens is 148 g/mol. The van der Waals surface area contributed by atoms with Gasteiger partial charge in [0.2, 0.25) is 0 Å². The molecule has 0 saturated heterocycles. The van der Waals surface area contributed by atoms with Crippen LogP contribution in [0.5, 0.6) is 0 Å². The van der Waals surface area contributed by atoms with Gasteiger partial charge in [0.15, 0.2) is 0 Å². The van der Waals surface area contributed by atoms with Gasteiger partial charge in [0.25, 0.3) is 0 Å². The van der Waals surface area contributed by atoms with Gasteiger partial charge in [-0.25, -0.2) is 0 Å². The summed E-state index contributed by atoms with van der Waals surface area (Å²) in [5.41, 5.74) is 2.46. The maximum Gasteiger partial charge on any atom is 0.102 e. The third kappa shape index (κ3) is 1.83. The average molecular weight is 166 g/mol. The van der Waals surface area contributed by atoms with Crippen LogP contribution in [0, 0.1) is 5.92 Å². The van der Waals surface area contributed by atoms with Gasteiger partial charge >= 0.3 is 0 Å². The second-order valence-corrected chi connectivity index (χ2v) is 8.59. The number of rotatable bonds is 2. The molecule has 0 aromatic rings. The minimum atomic E-state index is -1.07. The first-order valence-electron chi connectivity index (χ1n) is 4.41. The molecule has 62 valence electrons. The molecule has 1 unspecified atom stereocenters. The first-order valence-corrected chi connectivity index (χ1v) is 7.19. The fraction of sp³-hybridized carbons (Fsp3) is 0.600. The molecule has 0 saturated carbocycles. The zero-order valence-corrected chi connectivity index (χ0v) is 9.02. The van der Waals surface area contributed by atoms with Crippen LogP contribution in [-0.2, 0) is 0 Å². The predicted molar refractivity (Wildman–Crippen MR) is 54.2 cm³/mol. The van der Waals surface area contributed by atoms with Gasteiger partial charge in [0, 0.05) is 0 Å². The zero-order chi connectivity index (χ0) is 8.48. The Kier molecular flexibility index (Phi) is 2.38. The van der Waals surface area contributed by atoms with Crippen molar-refractivity contribution in [3.05, 3.63) is 23.0 Å². The summed E-state index contributed by atoms with van der Waals surface area (Å²) < 4.78 is 0. The molecule has 0 bridgehead atoms. The normalized spacial score (nSPS) is 29.7. The first-order chi connectivity index (χ1) is 5.04. The highest BCUT2D eigenvalue weighted by molar-refractivity contribution is 6.90. The maximum absolute atomic E-state index is 2.46. The van der Waals surface area contributed by atoms with Crippen molar-refractivity contribution in [2.24, 2.45) is 5.92 Å². The standard InChI is InChI=1S/C10H18Si/c1-9(2)8-11(4)7-5-6-10(11)3/h5-7,9H,8H2,1-4H3. The van der Waals surface area contributed by atoms with Gasteiger partial charge in [0.1, 0.15) is 8.07 Å². The fourth-order valence-electron chi connectivity index (χ4n) is 1.80. The lowest BCUT2D eigenvalue weighted by molar-refractivity contribution is 0.723. The molecule has 0 radical (unpaired) electrons. The molecule has 1 aliphatic heterocycles. The van der Waals surface area contributed by atoms with E-state index >= 15 is 0 Å². The fourth-order valence-corrected chi connectivity index (χ4v) is 5.22. The molecule has 0 aromatic carbocycles. The van der Waals surface area contributed by atoms with Crippen LogP contribution in [0.15, 0.2) is 23.0 Å². The first kappa shape index (κ1) is 8.79. The van der Waals surface area contributed by atoms with Gasteiger partial charge in [-0.15, -0.1) is 0 Å². The lowest BCUT2D eigenvalue weighted by Crippen LogP contribution is -2.29. The van der Waals surface area contributed by atoms with E-state index in [0.29, 0.717) is 0 Å². The van der Waals surface area contributed by atoms with Crippen molar-refractivity contribution in [1.82, 2.24) is 0 Å². The molecule has 0 nitrogen and oxygen atoms in total. The van der Waals surface area contributed by atoms with Crippen molar-refractivity contribution in [1.29, 1.82) is 0 Å². The Labute approximate surface area is 71.0 Å². The summed E-state index contributed by atoms with van der Waals surface area (Å²) in [6, 6.07) is 1.41. The zero-order valence-electron chi connectivity index (χ0n) is 8.02. The van der Waals surface area contributed by atoms with E-state index in [1.54, 1.807) is 5.20 Å². The SMILES string of the molecule is CC1=CC=C[Si]1(C)CC(C)C. The van der Waals surface area contributed by atoms with E-state index in [0.717, 1.165) is 5.92 Å². The highest BCUT2D eigenvalue weighted by Crippen LogP contribution is 2.28. The molecule has 1 atom stereocenters. The van der Waals surface area contributed by atoms with E-state index in [1.165, 1.54) is 6.04 Å². The molecule has 0 aliphatic carbocycles. The van der Waals surface area contributed by atoms with Gasteiger partial charge in [-0.05, 0) is 18.9 Å². The van der Waals surface area contributed by atoms with Crippen molar-refractivity contribution < 1.29 is 0 Å². The molecule has 1 rings (SSSR count). The van der Waals surface area contributed by atoms with Crippen molar-refractivity contribution in [3.8, 4) is 0 Å². The Balaban J connectivity index is 2.68. The number of allylic oxidation sites excluding steroid dienone is 3. The van der Waals surface area contributed by atoms with Gasteiger partial charge in [-0.3, -0.25) is 0 Å². The van der Waals surface area contributed by atoms with Gasteiger partial charge in [-0.2, -0.15) is 0 Å².